The predicted molar refractivity (Wildman–Crippen MR) is 121 cm³/mol. The highest BCUT2D eigenvalue weighted by Crippen LogP contribution is 2.37. The number of aromatic amines is 1. The summed E-state index contributed by atoms with van der Waals surface area (Å²) in [5.74, 6) is -1.89. The predicted octanol–water partition coefficient (Wildman–Crippen LogP) is 4.33. The zero-order chi connectivity index (χ0) is 24.7. The Kier molecular flexibility index (Phi) is 5.46. The SMILES string of the molecule is NC(=O)c1cccc(C(=O)N(c2cnc3[nH]ccc3c2)c2nc3c(c(C(F)(F)F)n2)CCCC3)c1. The standard InChI is InChI=1S/C24H19F3N6O2/c25-24(26,27)19-17-6-1-2-7-18(17)31-23(32-19)33(16-11-14-8-9-29-21(14)30-12-16)22(35)15-5-3-4-13(10-15)20(28)34/h3-5,8-12H,1-2,6-7H2,(H2,28,34)(H,29,30). The van der Waals surface area contributed by atoms with E-state index in [0.717, 1.165) is 4.90 Å². The summed E-state index contributed by atoms with van der Waals surface area (Å²) >= 11 is 0. The molecule has 0 fully saturated rings. The smallest absolute Gasteiger partial charge is 0.366 e. The van der Waals surface area contributed by atoms with Crippen molar-refractivity contribution in [3.05, 3.63) is 76.9 Å². The molecule has 11 heteroatoms. The topological polar surface area (TPSA) is 118 Å². The molecule has 0 atom stereocenters. The first-order valence-corrected chi connectivity index (χ1v) is 10.9. The number of aryl methyl sites for hydroxylation is 1. The zero-order valence-corrected chi connectivity index (χ0v) is 18.3. The van der Waals surface area contributed by atoms with Gasteiger partial charge in [0, 0.05) is 34.0 Å². The van der Waals surface area contributed by atoms with E-state index in [2.05, 4.69) is 19.9 Å². The van der Waals surface area contributed by atoms with Crippen molar-refractivity contribution in [1.29, 1.82) is 0 Å². The van der Waals surface area contributed by atoms with Crippen LogP contribution in [0.3, 0.4) is 0 Å². The minimum atomic E-state index is -4.72. The van der Waals surface area contributed by atoms with E-state index in [1.165, 1.54) is 30.5 Å². The molecule has 1 aliphatic carbocycles. The van der Waals surface area contributed by atoms with Gasteiger partial charge in [0.15, 0.2) is 5.69 Å². The maximum atomic E-state index is 14.0. The summed E-state index contributed by atoms with van der Waals surface area (Å²) in [5, 5.41) is 0.639. The Morgan fingerprint density at radius 1 is 1.03 bits per heavy atom. The van der Waals surface area contributed by atoms with E-state index < -0.39 is 29.6 Å². The number of nitrogens with one attached hydrogen (secondary N) is 1. The Morgan fingerprint density at radius 2 is 1.80 bits per heavy atom. The van der Waals surface area contributed by atoms with Crippen molar-refractivity contribution in [2.45, 2.75) is 31.9 Å². The summed E-state index contributed by atoms with van der Waals surface area (Å²) in [6.07, 6.45) is 0.147. The number of nitrogens with zero attached hydrogens (tertiary/aromatic N) is 4. The van der Waals surface area contributed by atoms with Crippen LogP contribution in [0.5, 0.6) is 0 Å². The monoisotopic (exact) mass is 480 g/mol. The molecule has 5 rings (SSSR count). The Labute approximate surface area is 197 Å². The van der Waals surface area contributed by atoms with E-state index in [-0.39, 0.29) is 34.5 Å². The normalized spacial score (nSPS) is 13.5. The van der Waals surface area contributed by atoms with Crippen molar-refractivity contribution in [3.63, 3.8) is 0 Å². The van der Waals surface area contributed by atoms with Crippen molar-refractivity contribution in [2.75, 3.05) is 4.90 Å². The van der Waals surface area contributed by atoms with Gasteiger partial charge < -0.3 is 10.7 Å². The summed E-state index contributed by atoms with van der Waals surface area (Å²) in [6.45, 7) is 0. The number of amides is 2. The van der Waals surface area contributed by atoms with Crippen molar-refractivity contribution in [3.8, 4) is 0 Å². The molecule has 0 saturated carbocycles. The molecule has 0 spiro atoms. The summed E-state index contributed by atoms with van der Waals surface area (Å²) < 4.78 is 42.0. The molecule has 3 heterocycles. The van der Waals surface area contributed by atoms with E-state index in [1.807, 2.05) is 0 Å². The molecule has 0 radical (unpaired) electrons. The third-order valence-corrected chi connectivity index (χ3v) is 5.88. The molecule has 3 aromatic heterocycles. The van der Waals surface area contributed by atoms with Crippen LogP contribution in [-0.2, 0) is 19.0 Å². The highest BCUT2D eigenvalue weighted by atomic mass is 19.4. The molecule has 1 aliphatic rings. The molecule has 1 aromatic carbocycles. The first kappa shape index (κ1) is 22.5. The van der Waals surface area contributed by atoms with E-state index in [0.29, 0.717) is 30.3 Å². The number of fused-ring (bicyclic) bond motifs is 2. The molecule has 35 heavy (non-hydrogen) atoms. The molecule has 0 bridgehead atoms. The molecule has 0 unspecified atom stereocenters. The number of benzene rings is 1. The van der Waals surface area contributed by atoms with E-state index in [4.69, 9.17) is 5.73 Å². The average Bonchev–Trinajstić information content (AvgIpc) is 3.31. The maximum absolute atomic E-state index is 14.0. The van der Waals surface area contributed by atoms with Crippen molar-refractivity contribution < 1.29 is 22.8 Å². The van der Waals surface area contributed by atoms with Gasteiger partial charge in [-0.3, -0.25) is 9.59 Å². The number of pyridine rings is 1. The van der Waals surface area contributed by atoms with Gasteiger partial charge in [0.2, 0.25) is 11.9 Å². The van der Waals surface area contributed by atoms with Crippen LogP contribution in [0.2, 0.25) is 0 Å². The van der Waals surface area contributed by atoms with Crippen LogP contribution in [0.4, 0.5) is 24.8 Å². The number of anilines is 2. The highest BCUT2D eigenvalue weighted by molar-refractivity contribution is 6.11. The number of H-pyrrole nitrogens is 1. The van der Waals surface area contributed by atoms with Crippen molar-refractivity contribution >= 4 is 34.5 Å². The van der Waals surface area contributed by atoms with E-state index in [1.54, 1.807) is 18.3 Å². The first-order valence-electron chi connectivity index (χ1n) is 10.9. The third-order valence-electron chi connectivity index (χ3n) is 5.88. The summed E-state index contributed by atoms with van der Waals surface area (Å²) in [5.41, 5.74) is 5.47. The Bertz CT molecular complexity index is 1460. The van der Waals surface area contributed by atoms with Crippen LogP contribution in [0, 0.1) is 0 Å². The molecular weight excluding hydrogens is 461 g/mol. The second-order valence-electron chi connectivity index (χ2n) is 8.20. The number of carbonyl (C=O) groups is 2. The average molecular weight is 480 g/mol. The molecule has 4 aromatic rings. The number of halogens is 3. The lowest BCUT2D eigenvalue weighted by atomic mass is 9.94. The van der Waals surface area contributed by atoms with E-state index >= 15 is 0 Å². The summed E-state index contributed by atoms with van der Waals surface area (Å²) in [6, 6.07) is 8.94. The molecule has 8 nitrogen and oxygen atoms in total. The number of nitrogens with two attached hydrogens (primary N) is 1. The van der Waals surface area contributed by atoms with Gasteiger partial charge in [-0.05, 0) is 56.0 Å². The van der Waals surface area contributed by atoms with Crippen LogP contribution < -0.4 is 10.6 Å². The van der Waals surface area contributed by atoms with Gasteiger partial charge in [-0.1, -0.05) is 6.07 Å². The molecule has 3 N–H and O–H groups in total. The zero-order valence-electron chi connectivity index (χ0n) is 18.3. The fourth-order valence-corrected chi connectivity index (χ4v) is 4.22. The molecule has 0 saturated heterocycles. The number of rotatable bonds is 4. The number of alkyl halides is 3. The molecule has 0 aliphatic heterocycles. The summed E-state index contributed by atoms with van der Waals surface area (Å²) in [7, 11) is 0. The fourth-order valence-electron chi connectivity index (χ4n) is 4.22. The minimum absolute atomic E-state index is 0.0327. The van der Waals surface area contributed by atoms with Gasteiger partial charge in [0.1, 0.15) is 5.65 Å². The highest BCUT2D eigenvalue weighted by Gasteiger charge is 2.39. The minimum Gasteiger partial charge on any atom is -0.366 e. The molecular formula is C24H19F3N6O2. The van der Waals surface area contributed by atoms with Gasteiger partial charge >= 0.3 is 6.18 Å². The van der Waals surface area contributed by atoms with Gasteiger partial charge in [-0.2, -0.15) is 13.2 Å². The third kappa shape index (κ3) is 4.20. The van der Waals surface area contributed by atoms with Gasteiger partial charge in [0.25, 0.3) is 5.91 Å². The lowest BCUT2D eigenvalue weighted by molar-refractivity contribution is -0.142. The lowest BCUT2D eigenvalue weighted by Gasteiger charge is -2.25. The second-order valence-corrected chi connectivity index (χ2v) is 8.20. The van der Waals surface area contributed by atoms with Crippen LogP contribution in [0.1, 0.15) is 50.5 Å². The van der Waals surface area contributed by atoms with Crippen LogP contribution in [0.15, 0.2) is 48.8 Å². The van der Waals surface area contributed by atoms with Gasteiger partial charge in [0.05, 0.1) is 11.9 Å². The van der Waals surface area contributed by atoms with Crippen LogP contribution in [0.25, 0.3) is 11.0 Å². The number of aromatic nitrogens is 4. The van der Waals surface area contributed by atoms with E-state index in [9.17, 15) is 22.8 Å². The lowest BCUT2D eigenvalue weighted by Crippen LogP contribution is -2.30. The number of hydrogen-bond donors (Lipinski definition) is 2. The van der Waals surface area contributed by atoms with Crippen LogP contribution in [-0.4, -0.2) is 31.8 Å². The fraction of sp³-hybridized carbons (Fsp3) is 0.208. The molecule has 178 valence electrons. The quantitative estimate of drug-likeness (QED) is 0.451. The first-order chi connectivity index (χ1) is 16.7. The summed E-state index contributed by atoms with van der Waals surface area (Å²) in [4.78, 5) is 41.8. The van der Waals surface area contributed by atoms with Crippen molar-refractivity contribution in [2.24, 2.45) is 5.73 Å². The van der Waals surface area contributed by atoms with Gasteiger partial charge in [-0.15, -0.1) is 0 Å². The van der Waals surface area contributed by atoms with Gasteiger partial charge in [-0.25, -0.2) is 19.9 Å². The number of primary amides is 1. The van der Waals surface area contributed by atoms with Crippen molar-refractivity contribution in [1.82, 2.24) is 19.9 Å². The Balaban J connectivity index is 1.72. The molecule has 2 amide bonds. The maximum Gasteiger partial charge on any atom is 0.433 e. The number of carbonyl (C=O) groups excluding carboxylic acids is 2. The largest absolute Gasteiger partial charge is 0.433 e. The van der Waals surface area contributed by atoms with Crippen LogP contribution >= 0.6 is 0 Å². The Hall–Kier alpha value is -4.28. The second kappa shape index (κ2) is 8.49. The number of hydrogen-bond acceptors (Lipinski definition) is 5. The Morgan fingerprint density at radius 3 is 2.57 bits per heavy atom.